The normalized spacial score (nSPS) is 16.5. The van der Waals surface area contributed by atoms with Crippen molar-refractivity contribution in [2.45, 2.75) is 31.6 Å². The van der Waals surface area contributed by atoms with Gasteiger partial charge in [0.05, 0.1) is 17.3 Å². The van der Waals surface area contributed by atoms with E-state index in [-0.39, 0.29) is 18.5 Å². The van der Waals surface area contributed by atoms with Crippen molar-refractivity contribution in [3.05, 3.63) is 53.3 Å². The van der Waals surface area contributed by atoms with Gasteiger partial charge < -0.3 is 4.90 Å². The fourth-order valence-corrected chi connectivity index (χ4v) is 3.54. The zero-order valence-electron chi connectivity index (χ0n) is 15.4. The number of likely N-dealkylation sites (tertiary alicyclic amines) is 1. The largest absolute Gasteiger partial charge is 0.416 e. The molecule has 146 valence electrons. The molecule has 0 spiro atoms. The van der Waals surface area contributed by atoms with Crippen LogP contribution >= 0.6 is 0 Å². The van der Waals surface area contributed by atoms with Crippen LogP contribution in [-0.4, -0.2) is 51.7 Å². The Kier molecular flexibility index (Phi) is 5.55. The minimum Gasteiger partial charge on any atom is -0.339 e. The highest BCUT2D eigenvalue weighted by molar-refractivity contribution is 5.93. The maximum absolute atomic E-state index is 13.2. The third-order valence-electron chi connectivity index (χ3n) is 5.09. The third kappa shape index (κ3) is 4.50. The van der Waals surface area contributed by atoms with Crippen LogP contribution in [0.4, 0.5) is 13.2 Å². The lowest BCUT2D eigenvalue weighted by Gasteiger charge is -2.37. The van der Waals surface area contributed by atoms with E-state index in [0.717, 1.165) is 18.9 Å². The van der Waals surface area contributed by atoms with E-state index in [0.29, 0.717) is 24.2 Å². The summed E-state index contributed by atoms with van der Waals surface area (Å²) in [4.78, 5) is 16.3. The van der Waals surface area contributed by atoms with E-state index in [1.807, 2.05) is 4.90 Å². The van der Waals surface area contributed by atoms with Gasteiger partial charge >= 0.3 is 6.18 Å². The number of hydrogen-bond donors (Lipinski definition) is 0. The molecule has 1 saturated heterocycles. The number of aryl methyl sites for hydroxylation is 1. The van der Waals surface area contributed by atoms with Gasteiger partial charge in [-0.15, -0.1) is 0 Å². The Morgan fingerprint density at radius 1 is 1.26 bits per heavy atom. The number of benzene rings is 1. The Morgan fingerprint density at radius 2 is 1.93 bits per heavy atom. The summed E-state index contributed by atoms with van der Waals surface area (Å²) in [6.07, 6.45) is 0.350. The molecule has 1 aromatic carbocycles. The molecule has 0 unspecified atom stereocenters. The first-order chi connectivity index (χ1) is 12.8. The first kappa shape index (κ1) is 19.4. The first-order valence-electron chi connectivity index (χ1n) is 8.89. The van der Waals surface area contributed by atoms with Crippen molar-refractivity contribution in [2.24, 2.45) is 7.05 Å². The Bertz CT molecular complexity index is 794. The fourth-order valence-electron chi connectivity index (χ4n) is 3.54. The minimum absolute atomic E-state index is 0.0758. The second-order valence-corrected chi connectivity index (χ2v) is 6.98. The van der Waals surface area contributed by atoms with E-state index in [9.17, 15) is 18.0 Å². The van der Waals surface area contributed by atoms with Gasteiger partial charge in [-0.1, -0.05) is 18.2 Å². The zero-order chi connectivity index (χ0) is 19.6. The summed E-state index contributed by atoms with van der Waals surface area (Å²) >= 11 is 0. The highest BCUT2D eigenvalue weighted by Crippen LogP contribution is 2.32. The predicted octanol–water partition coefficient (Wildman–Crippen LogP) is 3.18. The molecular weight excluding hydrogens is 357 g/mol. The molecule has 0 aliphatic carbocycles. The first-order valence-corrected chi connectivity index (χ1v) is 8.89. The molecule has 8 heteroatoms. The van der Waals surface area contributed by atoms with Gasteiger partial charge in [0, 0.05) is 46.0 Å². The number of piperidine rings is 1. The molecule has 1 aromatic heterocycles. The van der Waals surface area contributed by atoms with E-state index in [1.54, 1.807) is 42.1 Å². The predicted molar refractivity (Wildman–Crippen MR) is 95.0 cm³/mol. The average Bonchev–Trinajstić information content (AvgIpc) is 3.07. The number of rotatable bonds is 4. The summed E-state index contributed by atoms with van der Waals surface area (Å²) in [5, 5.41) is 4.02. The number of alkyl halides is 3. The molecule has 0 radical (unpaired) electrons. The molecule has 1 aliphatic heterocycles. The smallest absolute Gasteiger partial charge is 0.339 e. The average molecular weight is 380 g/mol. The van der Waals surface area contributed by atoms with E-state index in [1.165, 1.54) is 12.1 Å². The van der Waals surface area contributed by atoms with E-state index >= 15 is 0 Å². The lowest BCUT2D eigenvalue weighted by molar-refractivity contribution is -0.138. The van der Waals surface area contributed by atoms with Crippen molar-refractivity contribution in [1.82, 2.24) is 19.6 Å². The van der Waals surface area contributed by atoms with Crippen LogP contribution in [0.3, 0.4) is 0 Å². The summed E-state index contributed by atoms with van der Waals surface area (Å²) in [5.41, 5.74) is 0.265. The summed E-state index contributed by atoms with van der Waals surface area (Å²) in [6.45, 7) is 1.58. The Balaban J connectivity index is 1.59. The SMILES string of the molecule is CN(C(=O)c1cnn(C)c1)C1CCN(Cc2ccccc2C(F)(F)F)CC1. The number of hydrogen-bond acceptors (Lipinski definition) is 3. The molecule has 3 rings (SSSR count). The molecule has 27 heavy (non-hydrogen) atoms. The molecule has 2 aromatic rings. The molecule has 1 amide bonds. The number of aromatic nitrogens is 2. The maximum Gasteiger partial charge on any atom is 0.416 e. The van der Waals surface area contributed by atoms with Crippen LogP contribution in [-0.2, 0) is 19.8 Å². The van der Waals surface area contributed by atoms with Crippen LogP contribution in [0.2, 0.25) is 0 Å². The van der Waals surface area contributed by atoms with Gasteiger partial charge in [-0.25, -0.2) is 0 Å². The van der Waals surface area contributed by atoms with Gasteiger partial charge in [0.2, 0.25) is 0 Å². The molecule has 0 bridgehead atoms. The highest BCUT2D eigenvalue weighted by Gasteiger charge is 2.34. The number of halogens is 3. The van der Waals surface area contributed by atoms with Crippen molar-refractivity contribution < 1.29 is 18.0 Å². The molecular formula is C19H23F3N4O. The van der Waals surface area contributed by atoms with Crippen LogP contribution in [0.1, 0.15) is 34.3 Å². The van der Waals surface area contributed by atoms with E-state index < -0.39 is 11.7 Å². The van der Waals surface area contributed by atoms with Crippen molar-refractivity contribution >= 4 is 5.91 Å². The van der Waals surface area contributed by atoms with Gasteiger partial charge in [-0.05, 0) is 24.5 Å². The number of nitrogens with zero attached hydrogens (tertiary/aromatic N) is 4. The molecule has 2 heterocycles. The number of carbonyl (C=O) groups is 1. The second-order valence-electron chi connectivity index (χ2n) is 6.98. The van der Waals surface area contributed by atoms with Crippen LogP contribution in [0, 0.1) is 0 Å². The van der Waals surface area contributed by atoms with E-state index in [2.05, 4.69) is 5.10 Å². The topological polar surface area (TPSA) is 41.4 Å². The number of amides is 1. The van der Waals surface area contributed by atoms with Gasteiger partial charge in [0.1, 0.15) is 0 Å². The minimum atomic E-state index is -4.34. The Labute approximate surface area is 156 Å². The quantitative estimate of drug-likeness (QED) is 0.818. The lowest BCUT2D eigenvalue weighted by Crippen LogP contribution is -2.45. The Hall–Kier alpha value is -2.35. The third-order valence-corrected chi connectivity index (χ3v) is 5.09. The van der Waals surface area contributed by atoms with Gasteiger partial charge in [0.25, 0.3) is 5.91 Å². The van der Waals surface area contributed by atoms with Crippen molar-refractivity contribution in [2.75, 3.05) is 20.1 Å². The molecule has 0 saturated carbocycles. The van der Waals surface area contributed by atoms with Crippen LogP contribution < -0.4 is 0 Å². The van der Waals surface area contributed by atoms with Crippen LogP contribution in [0.15, 0.2) is 36.7 Å². The number of carbonyl (C=O) groups excluding carboxylic acids is 1. The van der Waals surface area contributed by atoms with Gasteiger partial charge in [-0.2, -0.15) is 18.3 Å². The summed E-state index contributed by atoms with van der Waals surface area (Å²) in [6, 6.07) is 5.79. The van der Waals surface area contributed by atoms with Gasteiger partial charge in [0.15, 0.2) is 0 Å². The highest BCUT2D eigenvalue weighted by atomic mass is 19.4. The molecule has 5 nitrogen and oxygen atoms in total. The molecule has 1 fully saturated rings. The maximum atomic E-state index is 13.2. The monoisotopic (exact) mass is 380 g/mol. The Morgan fingerprint density at radius 3 is 2.52 bits per heavy atom. The molecule has 0 atom stereocenters. The van der Waals surface area contributed by atoms with Crippen molar-refractivity contribution in [1.29, 1.82) is 0 Å². The standard InChI is InChI=1S/C19H23F3N4O/c1-24-12-15(11-23-24)18(27)25(2)16-7-9-26(10-8-16)13-14-5-3-4-6-17(14)19(20,21)22/h3-6,11-12,16H,7-10,13H2,1-2H3. The van der Waals surface area contributed by atoms with Crippen LogP contribution in [0.25, 0.3) is 0 Å². The fraction of sp³-hybridized carbons (Fsp3) is 0.474. The van der Waals surface area contributed by atoms with Crippen LogP contribution in [0.5, 0.6) is 0 Å². The summed E-state index contributed by atoms with van der Waals surface area (Å²) in [7, 11) is 3.53. The molecule has 1 aliphatic rings. The van der Waals surface area contributed by atoms with Crippen molar-refractivity contribution in [3.8, 4) is 0 Å². The van der Waals surface area contributed by atoms with Gasteiger partial charge in [-0.3, -0.25) is 14.4 Å². The zero-order valence-corrected chi connectivity index (χ0v) is 15.4. The second kappa shape index (κ2) is 7.72. The van der Waals surface area contributed by atoms with Crippen molar-refractivity contribution in [3.63, 3.8) is 0 Å². The summed E-state index contributed by atoms with van der Waals surface area (Å²) in [5.74, 6) is -0.0797. The van der Waals surface area contributed by atoms with E-state index in [4.69, 9.17) is 0 Å². The summed E-state index contributed by atoms with van der Waals surface area (Å²) < 4.78 is 41.0. The molecule has 0 N–H and O–H groups in total. The lowest BCUT2D eigenvalue weighted by atomic mass is 10.0.